The number of rotatable bonds is 7. The summed E-state index contributed by atoms with van der Waals surface area (Å²) in [5, 5.41) is 4.29. The Morgan fingerprint density at radius 3 is 2.64 bits per heavy atom. The number of carbonyl (C=O) groups excluding carboxylic acids is 1. The first kappa shape index (κ1) is 22.8. The molecular weight excluding hydrogens is 430 g/mol. The van der Waals surface area contributed by atoms with Crippen LogP contribution in [0.3, 0.4) is 0 Å². The van der Waals surface area contributed by atoms with E-state index in [4.69, 9.17) is 9.47 Å². The maximum Gasteiger partial charge on any atom is 0.310 e. The Hall–Kier alpha value is -3.39. The fraction of sp³-hybridized carbons (Fsp3) is 0.320. The van der Waals surface area contributed by atoms with Gasteiger partial charge in [0.15, 0.2) is 11.6 Å². The molecule has 0 aliphatic carbocycles. The number of carbonyl (C=O) groups is 1. The first-order valence-electron chi connectivity index (χ1n) is 10.8. The summed E-state index contributed by atoms with van der Waals surface area (Å²) in [6, 6.07) is 12.1. The maximum absolute atomic E-state index is 13.6. The van der Waals surface area contributed by atoms with Gasteiger partial charge in [-0.25, -0.2) is 13.5 Å². The summed E-state index contributed by atoms with van der Waals surface area (Å²) in [7, 11) is 0. The van der Waals surface area contributed by atoms with Crippen molar-refractivity contribution in [2.45, 2.75) is 25.7 Å². The van der Waals surface area contributed by atoms with Crippen LogP contribution < -0.4 is 5.43 Å². The van der Waals surface area contributed by atoms with Gasteiger partial charge in [-0.3, -0.25) is 9.59 Å². The average molecular weight is 454 g/mol. The van der Waals surface area contributed by atoms with E-state index in [1.165, 1.54) is 23.0 Å². The van der Waals surface area contributed by atoms with Crippen LogP contribution in [-0.2, 0) is 27.1 Å². The molecule has 0 spiro atoms. The van der Waals surface area contributed by atoms with Crippen LogP contribution in [-0.4, -0.2) is 35.6 Å². The van der Waals surface area contributed by atoms with E-state index < -0.39 is 11.6 Å². The molecule has 0 saturated carbocycles. The van der Waals surface area contributed by atoms with E-state index >= 15 is 0 Å². The zero-order valence-corrected chi connectivity index (χ0v) is 18.0. The van der Waals surface area contributed by atoms with Crippen molar-refractivity contribution in [3.63, 3.8) is 0 Å². The monoisotopic (exact) mass is 454 g/mol. The SMILES string of the molecule is O=C(Cc1cccc(Cc2nn(-c3ccc(F)c(F)c3)ccc2=O)c1)OCC1CCOCC1. The largest absolute Gasteiger partial charge is 0.465 e. The van der Waals surface area contributed by atoms with Crippen molar-refractivity contribution in [2.24, 2.45) is 5.92 Å². The summed E-state index contributed by atoms with van der Waals surface area (Å²) < 4.78 is 38.9. The molecule has 0 unspecified atom stereocenters. The number of ether oxygens (including phenoxy) is 2. The Balaban J connectivity index is 1.43. The van der Waals surface area contributed by atoms with E-state index in [1.54, 1.807) is 0 Å². The lowest BCUT2D eigenvalue weighted by Crippen LogP contribution is -2.22. The molecule has 0 atom stereocenters. The third-order valence-electron chi connectivity index (χ3n) is 5.58. The molecule has 6 nitrogen and oxygen atoms in total. The minimum Gasteiger partial charge on any atom is -0.465 e. The number of aromatic nitrogens is 2. The third kappa shape index (κ3) is 6.10. The Morgan fingerprint density at radius 1 is 1.06 bits per heavy atom. The third-order valence-corrected chi connectivity index (χ3v) is 5.58. The van der Waals surface area contributed by atoms with Gasteiger partial charge in [0.2, 0.25) is 5.43 Å². The number of hydrogen-bond acceptors (Lipinski definition) is 5. The van der Waals surface area contributed by atoms with Crippen LogP contribution in [0.4, 0.5) is 8.78 Å². The molecule has 2 aromatic carbocycles. The zero-order valence-electron chi connectivity index (χ0n) is 18.0. The van der Waals surface area contributed by atoms with Crippen molar-refractivity contribution in [2.75, 3.05) is 19.8 Å². The molecule has 1 aliphatic heterocycles. The molecule has 1 aliphatic rings. The second kappa shape index (κ2) is 10.5. The predicted octanol–water partition coefficient (Wildman–Crippen LogP) is 3.61. The van der Waals surface area contributed by atoms with Gasteiger partial charge in [-0.15, -0.1) is 0 Å². The van der Waals surface area contributed by atoms with Crippen molar-refractivity contribution in [3.05, 3.63) is 93.4 Å². The second-order valence-corrected chi connectivity index (χ2v) is 8.08. The Kier molecular flexibility index (Phi) is 7.24. The molecule has 2 heterocycles. The lowest BCUT2D eigenvalue weighted by atomic mass is 10.0. The number of esters is 1. The molecule has 0 amide bonds. The first-order valence-corrected chi connectivity index (χ1v) is 10.8. The highest BCUT2D eigenvalue weighted by molar-refractivity contribution is 5.72. The number of benzene rings is 2. The van der Waals surface area contributed by atoms with Gasteiger partial charge in [0.1, 0.15) is 5.69 Å². The van der Waals surface area contributed by atoms with E-state index in [2.05, 4.69) is 5.10 Å². The van der Waals surface area contributed by atoms with Gasteiger partial charge >= 0.3 is 5.97 Å². The highest BCUT2D eigenvalue weighted by Gasteiger charge is 2.16. The van der Waals surface area contributed by atoms with Gasteiger partial charge in [0.05, 0.1) is 18.7 Å². The molecule has 1 fully saturated rings. The van der Waals surface area contributed by atoms with Crippen LogP contribution in [0.2, 0.25) is 0 Å². The van der Waals surface area contributed by atoms with Crippen LogP contribution in [0.1, 0.15) is 29.7 Å². The van der Waals surface area contributed by atoms with E-state index in [0.29, 0.717) is 31.4 Å². The van der Waals surface area contributed by atoms with Gasteiger partial charge in [0, 0.05) is 38.0 Å². The predicted molar refractivity (Wildman–Crippen MR) is 117 cm³/mol. The Bertz CT molecular complexity index is 1190. The second-order valence-electron chi connectivity index (χ2n) is 8.08. The quantitative estimate of drug-likeness (QED) is 0.510. The van der Waals surface area contributed by atoms with Gasteiger partial charge in [-0.1, -0.05) is 24.3 Å². The van der Waals surface area contributed by atoms with E-state index in [1.807, 2.05) is 24.3 Å². The van der Waals surface area contributed by atoms with Gasteiger partial charge in [-0.2, -0.15) is 5.10 Å². The van der Waals surface area contributed by atoms with Crippen LogP contribution in [0.5, 0.6) is 0 Å². The highest BCUT2D eigenvalue weighted by atomic mass is 19.2. The summed E-state index contributed by atoms with van der Waals surface area (Å²) in [5.74, 6) is -1.90. The molecule has 1 aromatic heterocycles. The van der Waals surface area contributed by atoms with Gasteiger partial charge in [-0.05, 0) is 42.0 Å². The van der Waals surface area contributed by atoms with Crippen molar-refractivity contribution in [1.29, 1.82) is 0 Å². The summed E-state index contributed by atoms with van der Waals surface area (Å²) in [6.45, 7) is 1.81. The number of hydrogen-bond donors (Lipinski definition) is 0. The number of halogens is 2. The molecule has 0 N–H and O–H groups in total. The topological polar surface area (TPSA) is 70.4 Å². The zero-order chi connectivity index (χ0) is 23.2. The van der Waals surface area contributed by atoms with Crippen molar-refractivity contribution in [3.8, 4) is 5.69 Å². The fourth-order valence-corrected chi connectivity index (χ4v) is 3.73. The molecule has 0 bridgehead atoms. The summed E-state index contributed by atoms with van der Waals surface area (Å²) in [4.78, 5) is 24.6. The molecule has 33 heavy (non-hydrogen) atoms. The smallest absolute Gasteiger partial charge is 0.310 e. The van der Waals surface area contributed by atoms with Crippen molar-refractivity contribution in [1.82, 2.24) is 9.78 Å². The van der Waals surface area contributed by atoms with E-state index in [9.17, 15) is 18.4 Å². The lowest BCUT2D eigenvalue weighted by Gasteiger charge is -2.21. The summed E-state index contributed by atoms with van der Waals surface area (Å²) in [6.07, 6.45) is 3.57. The van der Waals surface area contributed by atoms with Crippen LogP contribution in [0.15, 0.2) is 59.5 Å². The first-order chi connectivity index (χ1) is 16.0. The van der Waals surface area contributed by atoms with E-state index in [-0.39, 0.29) is 29.9 Å². The van der Waals surface area contributed by atoms with Gasteiger partial charge < -0.3 is 9.47 Å². The molecule has 3 aromatic rings. The summed E-state index contributed by atoms with van der Waals surface area (Å²) >= 11 is 0. The normalized spacial score (nSPS) is 14.2. The van der Waals surface area contributed by atoms with Crippen molar-refractivity contribution < 1.29 is 23.0 Å². The average Bonchev–Trinajstić information content (AvgIpc) is 2.82. The minimum absolute atomic E-state index is 0.137. The molecule has 1 saturated heterocycles. The Morgan fingerprint density at radius 2 is 1.85 bits per heavy atom. The fourth-order valence-electron chi connectivity index (χ4n) is 3.73. The molecular formula is C25H24F2N2O4. The van der Waals surface area contributed by atoms with E-state index in [0.717, 1.165) is 36.1 Å². The summed E-state index contributed by atoms with van der Waals surface area (Å²) in [5.41, 5.74) is 1.87. The molecule has 172 valence electrons. The minimum atomic E-state index is -0.994. The van der Waals surface area contributed by atoms with Crippen LogP contribution in [0, 0.1) is 17.6 Å². The highest BCUT2D eigenvalue weighted by Crippen LogP contribution is 2.16. The number of nitrogens with zero attached hydrogens (tertiary/aromatic N) is 2. The van der Waals surface area contributed by atoms with Crippen LogP contribution >= 0.6 is 0 Å². The maximum atomic E-state index is 13.6. The standard InChI is InChI=1S/C25H24F2N2O4/c26-21-5-4-20(15-22(21)27)29-9-6-24(30)23(28-29)13-18-2-1-3-19(12-18)14-25(31)33-16-17-7-10-32-11-8-17/h1-6,9,12,15,17H,7-8,10-11,13-14,16H2. The Labute approximate surface area is 189 Å². The molecule has 0 radical (unpaired) electrons. The lowest BCUT2D eigenvalue weighted by molar-refractivity contribution is -0.145. The van der Waals surface area contributed by atoms with Crippen LogP contribution in [0.25, 0.3) is 5.69 Å². The van der Waals surface area contributed by atoms with Gasteiger partial charge in [0.25, 0.3) is 0 Å². The van der Waals surface area contributed by atoms with Crippen molar-refractivity contribution >= 4 is 5.97 Å². The molecule has 4 rings (SSSR count). The molecule has 8 heteroatoms.